The Kier molecular flexibility index (Phi) is 11.3. The smallest absolute Gasteiger partial charge is 0.0999 e. The highest BCUT2D eigenvalue weighted by Gasteiger charge is 2.19. The van der Waals surface area contributed by atoms with Crippen molar-refractivity contribution in [2.45, 2.75) is 51.9 Å². The molecule has 0 aromatic rings. The summed E-state index contributed by atoms with van der Waals surface area (Å²) in [6.45, 7) is 24.2. The Hall–Kier alpha value is -0.606. The Morgan fingerprint density at radius 3 is 0.722 bits per heavy atom. The van der Waals surface area contributed by atoms with Crippen molar-refractivity contribution in [2.75, 3.05) is 0 Å². The van der Waals surface area contributed by atoms with Crippen LogP contribution in [0.2, 0.25) is 24.2 Å². The highest BCUT2D eigenvalue weighted by molar-refractivity contribution is 6.89. The second-order valence-electron chi connectivity index (χ2n) is 4.70. The van der Waals surface area contributed by atoms with Crippen LogP contribution in [-0.2, 0) is 0 Å². The molecule has 0 aliphatic rings. The molecule has 0 nitrogen and oxygen atoms in total. The van der Waals surface area contributed by atoms with Crippen LogP contribution in [0, 0.1) is 0 Å². The maximum absolute atomic E-state index is 3.84. The standard InChI is InChI=1S/2C8H16Si/c2*1-5-9(6-2,7-3)8-4/h2*5-6H,1-2,7-8H2,3-4H3. The topological polar surface area (TPSA) is 0 Å². The average molecular weight is 281 g/mol. The van der Waals surface area contributed by atoms with Crippen molar-refractivity contribution in [2.24, 2.45) is 0 Å². The van der Waals surface area contributed by atoms with Gasteiger partial charge in [-0.05, 0) is 0 Å². The molecular formula is C16H32Si2. The van der Waals surface area contributed by atoms with Gasteiger partial charge in [0.1, 0.15) is 0 Å². The minimum Gasteiger partial charge on any atom is -0.107 e. The van der Waals surface area contributed by atoms with Crippen LogP contribution in [0.4, 0.5) is 0 Å². The van der Waals surface area contributed by atoms with Crippen molar-refractivity contribution in [1.29, 1.82) is 0 Å². The van der Waals surface area contributed by atoms with Crippen molar-refractivity contribution in [1.82, 2.24) is 0 Å². The molecule has 0 saturated heterocycles. The van der Waals surface area contributed by atoms with E-state index in [0.717, 1.165) is 0 Å². The van der Waals surface area contributed by atoms with Gasteiger partial charge in [0.15, 0.2) is 0 Å². The number of hydrogen-bond acceptors (Lipinski definition) is 0. The van der Waals surface area contributed by atoms with Gasteiger partial charge in [-0.25, -0.2) is 0 Å². The van der Waals surface area contributed by atoms with Crippen molar-refractivity contribution < 1.29 is 0 Å². The van der Waals surface area contributed by atoms with Crippen LogP contribution in [0.25, 0.3) is 0 Å². The second kappa shape index (κ2) is 10.3. The quantitative estimate of drug-likeness (QED) is 0.489. The zero-order valence-electron chi connectivity index (χ0n) is 13.0. The van der Waals surface area contributed by atoms with Crippen LogP contribution >= 0.6 is 0 Å². The lowest BCUT2D eigenvalue weighted by molar-refractivity contribution is 1.29. The van der Waals surface area contributed by atoms with E-state index in [1.54, 1.807) is 0 Å². The monoisotopic (exact) mass is 280 g/mol. The van der Waals surface area contributed by atoms with Gasteiger partial charge in [0.2, 0.25) is 0 Å². The van der Waals surface area contributed by atoms with Gasteiger partial charge in [-0.2, -0.15) is 0 Å². The normalized spacial score (nSPS) is 10.9. The van der Waals surface area contributed by atoms with Gasteiger partial charge in [-0.1, -0.05) is 74.7 Å². The summed E-state index contributed by atoms with van der Waals surface area (Å²) in [7, 11) is -2.33. The van der Waals surface area contributed by atoms with E-state index in [1.807, 2.05) is 0 Å². The molecule has 0 atom stereocenters. The van der Waals surface area contributed by atoms with E-state index in [4.69, 9.17) is 0 Å². The number of rotatable bonds is 8. The molecule has 0 aliphatic heterocycles. The Labute approximate surface area is 117 Å². The Morgan fingerprint density at radius 1 is 0.556 bits per heavy atom. The van der Waals surface area contributed by atoms with E-state index in [-0.39, 0.29) is 0 Å². The third kappa shape index (κ3) is 5.83. The van der Waals surface area contributed by atoms with Crippen LogP contribution in [0.5, 0.6) is 0 Å². The van der Waals surface area contributed by atoms with Gasteiger partial charge in [0.25, 0.3) is 0 Å². The first-order chi connectivity index (χ1) is 8.49. The minimum atomic E-state index is -1.16. The fourth-order valence-corrected chi connectivity index (χ4v) is 5.46. The first-order valence-corrected chi connectivity index (χ1v) is 12.2. The zero-order chi connectivity index (χ0) is 14.7. The lowest BCUT2D eigenvalue weighted by Crippen LogP contribution is -2.26. The van der Waals surface area contributed by atoms with Gasteiger partial charge >= 0.3 is 0 Å². The molecule has 104 valence electrons. The molecule has 0 unspecified atom stereocenters. The summed E-state index contributed by atoms with van der Waals surface area (Å²) in [4.78, 5) is 0. The van der Waals surface area contributed by atoms with Gasteiger partial charge < -0.3 is 0 Å². The Bertz CT molecular complexity index is 210. The predicted molar refractivity (Wildman–Crippen MR) is 94.2 cm³/mol. The Morgan fingerprint density at radius 2 is 0.722 bits per heavy atom. The highest BCUT2D eigenvalue weighted by Crippen LogP contribution is 2.16. The summed E-state index contributed by atoms with van der Waals surface area (Å²) >= 11 is 0. The van der Waals surface area contributed by atoms with Crippen molar-refractivity contribution in [3.63, 3.8) is 0 Å². The lowest BCUT2D eigenvalue weighted by atomic mass is 10.9. The number of hydrogen-bond donors (Lipinski definition) is 0. The molecule has 0 rings (SSSR count). The van der Waals surface area contributed by atoms with Gasteiger partial charge in [-0.15, -0.1) is 26.3 Å². The van der Waals surface area contributed by atoms with Crippen LogP contribution in [0.15, 0.2) is 49.1 Å². The van der Waals surface area contributed by atoms with E-state index >= 15 is 0 Å². The fourth-order valence-electron chi connectivity index (χ4n) is 1.82. The molecule has 0 heterocycles. The van der Waals surface area contributed by atoms with Gasteiger partial charge in [0, 0.05) is 0 Å². The molecule has 0 saturated carbocycles. The molecule has 0 aromatic carbocycles. The lowest BCUT2D eigenvalue weighted by Gasteiger charge is -2.19. The van der Waals surface area contributed by atoms with Crippen LogP contribution in [-0.4, -0.2) is 16.1 Å². The van der Waals surface area contributed by atoms with E-state index < -0.39 is 16.1 Å². The van der Waals surface area contributed by atoms with Crippen LogP contribution < -0.4 is 0 Å². The molecule has 0 aliphatic carbocycles. The molecule has 18 heavy (non-hydrogen) atoms. The molecule has 0 spiro atoms. The summed E-state index contributed by atoms with van der Waals surface area (Å²) in [6.07, 6.45) is 0. The van der Waals surface area contributed by atoms with E-state index in [1.165, 1.54) is 24.2 Å². The van der Waals surface area contributed by atoms with Crippen molar-refractivity contribution in [3.8, 4) is 0 Å². The highest BCUT2D eigenvalue weighted by atomic mass is 28.3. The zero-order valence-corrected chi connectivity index (χ0v) is 15.0. The van der Waals surface area contributed by atoms with E-state index in [0.29, 0.717) is 0 Å². The van der Waals surface area contributed by atoms with Crippen molar-refractivity contribution in [3.05, 3.63) is 49.1 Å². The molecule has 0 N–H and O–H groups in total. The maximum Gasteiger partial charge on any atom is 0.0999 e. The van der Waals surface area contributed by atoms with Crippen LogP contribution in [0.3, 0.4) is 0 Å². The first kappa shape index (κ1) is 19.7. The largest absolute Gasteiger partial charge is 0.107 e. The molecule has 0 amide bonds. The van der Waals surface area contributed by atoms with Crippen molar-refractivity contribution >= 4 is 16.1 Å². The van der Waals surface area contributed by atoms with E-state index in [9.17, 15) is 0 Å². The molecule has 0 aromatic heterocycles. The predicted octanol–water partition coefficient (Wildman–Crippen LogP) is 5.85. The SMILES string of the molecule is C=C[Si](C=C)(CC)CC.C=C[Si](C=C)(CC)CC. The molecule has 2 heteroatoms. The third-order valence-corrected chi connectivity index (χ3v) is 12.8. The third-order valence-electron chi connectivity index (χ3n) is 4.26. The Balaban J connectivity index is 0. The summed E-state index contributed by atoms with van der Waals surface area (Å²) in [5.74, 6) is 0. The maximum atomic E-state index is 3.84. The molecule has 0 radical (unpaired) electrons. The summed E-state index contributed by atoms with van der Waals surface area (Å²) in [5, 5.41) is 0. The molecule has 0 bridgehead atoms. The average Bonchev–Trinajstić information content (AvgIpc) is 2.46. The fraction of sp³-hybridized carbons (Fsp3) is 0.500. The minimum absolute atomic E-state index is 1.16. The van der Waals surface area contributed by atoms with Gasteiger partial charge in [0.05, 0.1) is 16.1 Å². The van der Waals surface area contributed by atoms with Gasteiger partial charge in [-0.3, -0.25) is 0 Å². The van der Waals surface area contributed by atoms with Crippen LogP contribution in [0.1, 0.15) is 27.7 Å². The second-order valence-corrected chi connectivity index (χ2v) is 14.1. The summed E-state index contributed by atoms with van der Waals surface area (Å²) in [5.41, 5.74) is 8.50. The summed E-state index contributed by atoms with van der Waals surface area (Å²) in [6, 6.07) is 4.99. The molecule has 0 fully saturated rings. The summed E-state index contributed by atoms with van der Waals surface area (Å²) < 4.78 is 0. The first-order valence-electron chi connectivity index (χ1n) is 7.03. The molecular weight excluding hydrogens is 248 g/mol. The van der Waals surface area contributed by atoms with E-state index in [2.05, 4.69) is 76.8 Å².